The second kappa shape index (κ2) is 2.35. The minimum Gasteiger partial charge on any atom is -0.508 e. The highest BCUT2D eigenvalue weighted by Crippen LogP contribution is 2.29. The largest absolute Gasteiger partial charge is 0.508 e. The summed E-state index contributed by atoms with van der Waals surface area (Å²) < 4.78 is 0. The van der Waals surface area contributed by atoms with Crippen LogP contribution in [0.25, 0.3) is 0 Å². The third-order valence-electron chi connectivity index (χ3n) is 1.81. The first-order chi connectivity index (χ1) is 5.79. The van der Waals surface area contributed by atoms with Gasteiger partial charge in [0.2, 0.25) is 0 Å². The van der Waals surface area contributed by atoms with Gasteiger partial charge in [-0.3, -0.25) is 0 Å². The van der Waals surface area contributed by atoms with Gasteiger partial charge in [0.05, 0.1) is 5.69 Å². The number of nitriles is 1. The van der Waals surface area contributed by atoms with E-state index in [0.29, 0.717) is 12.1 Å². The molecule has 2 rings (SSSR count). The minimum atomic E-state index is 0.225. The maximum absolute atomic E-state index is 9.12. The summed E-state index contributed by atoms with van der Waals surface area (Å²) in [4.78, 5) is 4.06. The fraction of sp³-hybridized carbons (Fsp3) is 0.111. The lowest BCUT2D eigenvalue weighted by atomic mass is 10.1. The summed E-state index contributed by atoms with van der Waals surface area (Å²) in [7, 11) is 0. The van der Waals surface area contributed by atoms with E-state index in [1.165, 1.54) is 0 Å². The third kappa shape index (κ3) is 0.940. The van der Waals surface area contributed by atoms with Gasteiger partial charge in [0, 0.05) is 6.42 Å². The number of fused-ring (bicyclic) bond motifs is 1. The van der Waals surface area contributed by atoms with Crippen molar-refractivity contribution in [2.75, 3.05) is 0 Å². The molecule has 0 aliphatic carbocycles. The molecule has 0 atom stereocenters. The van der Waals surface area contributed by atoms with Crippen LogP contribution in [0.4, 0.5) is 5.69 Å². The minimum absolute atomic E-state index is 0.225. The monoisotopic (exact) mass is 158 g/mol. The number of phenols is 1. The zero-order valence-corrected chi connectivity index (χ0v) is 6.28. The fourth-order valence-electron chi connectivity index (χ4n) is 1.25. The average Bonchev–Trinajstić information content (AvgIpc) is 2.46. The summed E-state index contributed by atoms with van der Waals surface area (Å²) in [6, 6.07) is 6.93. The molecule has 0 aromatic heterocycles. The second-order valence-electron chi connectivity index (χ2n) is 2.66. The van der Waals surface area contributed by atoms with E-state index in [4.69, 9.17) is 10.4 Å². The van der Waals surface area contributed by atoms with E-state index in [2.05, 4.69) is 4.99 Å². The van der Waals surface area contributed by atoms with Gasteiger partial charge in [0.15, 0.2) is 0 Å². The van der Waals surface area contributed by atoms with Crippen LogP contribution in [0.15, 0.2) is 23.2 Å². The number of hydrogen-bond acceptors (Lipinski definition) is 3. The highest BCUT2D eigenvalue weighted by molar-refractivity contribution is 6.04. The summed E-state index contributed by atoms with van der Waals surface area (Å²) in [5, 5.41) is 17.7. The molecule has 0 saturated heterocycles. The molecule has 0 bridgehead atoms. The Bertz CT molecular complexity index is 401. The Labute approximate surface area is 69.6 Å². The molecule has 0 unspecified atom stereocenters. The summed E-state index contributed by atoms with van der Waals surface area (Å²) in [5.41, 5.74) is 2.23. The lowest BCUT2D eigenvalue weighted by molar-refractivity contribution is 0.475. The molecule has 0 spiro atoms. The number of phenolic OH excluding ortho intramolecular Hbond substituents is 1. The molecule has 58 valence electrons. The third-order valence-corrected chi connectivity index (χ3v) is 1.81. The average molecular weight is 158 g/mol. The Morgan fingerprint density at radius 1 is 1.50 bits per heavy atom. The predicted octanol–water partition coefficient (Wildman–Crippen LogP) is 1.54. The Morgan fingerprint density at radius 3 is 3.08 bits per heavy atom. The Balaban J connectivity index is 2.48. The van der Waals surface area contributed by atoms with Crippen LogP contribution in [0.2, 0.25) is 0 Å². The molecule has 1 heterocycles. The number of hydrogen-bond donors (Lipinski definition) is 1. The molecule has 1 aliphatic rings. The Hall–Kier alpha value is -1.82. The molecule has 0 amide bonds. The molecule has 1 aromatic carbocycles. The maximum Gasteiger partial charge on any atom is 0.122 e. The smallest absolute Gasteiger partial charge is 0.122 e. The first-order valence-corrected chi connectivity index (χ1v) is 3.59. The molecule has 1 aliphatic heterocycles. The summed E-state index contributed by atoms with van der Waals surface area (Å²) in [6.07, 6.45) is 0.542. The van der Waals surface area contributed by atoms with Crippen molar-refractivity contribution >= 4 is 11.4 Å². The van der Waals surface area contributed by atoms with Crippen molar-refractivity contribution in [1.29, 1.82) is 5.26 Å². The molecule has 0 saturated carbocycles. The van der Waals surface area contributed by atoms with Gasteiger partial charge in [-0.05, 0) is 23.8 Å². The number of aliphatic imine (C=N–C) groups is 1. The second-order valence-corrected chi connectivity index (χ2v) is 2.66. The van der Waals surface area contributed by atoms with Crippen molar-refractivity contribution in [2.45, 2.75) is 6.42 Å². The molecular formula is C9H6N2O. The Kier molecular flexibility index (Phi) is 1.34. The van der Waals surface area contributed by atoms with Crippen molar-refractivity contribution in [2.24, 2.45) is 4.99 Å². The van der Waals surface area contributed by atoms with Crippen molar-refractivity contribution in [3.63, 3.8) is 0 Å². The van der Waals surface area contributed by atoms with Gasteiger partial charge >= 0.3 is 0 Å². The van der Waals surface area contributed by atoms with E-state index < -0.39 is 0 Å². The van der Waals surface area contributed by atoms with E-state index in [1.54, 1.807) is 18.2 Å². The van der Waals surface area contributed by atoms with Crippen LogP contribution in [-0.4, -0.2) is 10.8 Å². The SMILES string of the molecule is N#CC1=Nc2ccc(O)cc2C1. The van der Waals surface area contributed by atoms with Crippen molar-refractivity contribution < 1.29 is 5.11 Å². The molecule has 3 nitrogen and oxygen atoms in total. The van der Waals surface area contributed by atoms with Gasteiger partial charge in [0.1, 0.15) is 17.5 Å². The standard InChI is InChI=1S/C9H6N2O/c10-5-7-3-6-4-8(12)1-2-9(6)11-7/h1-2,4,12H,3H2. The number of nitrogens with zero attached hydrogens (tertiary/aromatic N) is 2. The molecule has 12 heavy (non-hydrogen) atoms. The van der Waals surface area contributed by atoms with Crippen LogP contribution in [0.3, 0.4) is 0 Å². The topological polar surface area (TPSA) is 56.4 Å². The van der Waals surface area contributed by atoms with Gasteiger partial charge in [-0.2, -0.15) is 5.26 Å². The van der Waals surface area contributed by atoms with Crippen LogP contribution in [-0.2, 0) is 6.42 Å². The lowest BCUT2D eigenvalue weighted by Gasteiger charge is -1.95. The molecule has 1 N–H and O–H groups in total. The first-order valence-electron chi connectivity index (χ1n) is 3.59. The number of aromatic hydroxyl groups is 1. The summed E-state index contributed by atoms with van der Waals surface area (Å²) in [5.74, 6) is 0.225. The van der Waals surface area contributed by atoms with Crippen molar-refractivity contribution in [3.8, 4) is 11.8 Å². The van der Waals surface area contributed by atoms with E-state index in [9.17, 15) is 0 Å². The molecule has 0 radical (unpaired) electrons. The van der Waals surface area contributed by atoms with Gasteiger partial charge < -0.3 is 5.11 Å². The van der Waals surface area contributed by atoms with E-state index >= 15 is 0 Å². The molecule has 1 aromatic rings. The number of rotatable bonds is 0. The number of benzene rings is 1. The fourth-order valence-corrected chi connectivity index (χ4v) is 1.25. The zero-order valence-electron chi connectivity index (χ0n) is 6.28. The quantitative estimate of drug-likeness (QED) is 0.622. The van der Waals surface area contributed by atoms with Crippen LogP contribution in [0.1, 0.15) is 5.56 Å². The van der Waals surface area contributed by atoms with Gasteiger partial charge in [0.25, 0.3) is 0 Å². The van der Waals surface area contributed by atoms with Gasteiger partial charge in [-0.1, -0.05) is 0 Å². The Morgan fingerprint density at radius 2 is 2.33 bits per heavy atom. The zero-order chi connectivity index (χ0) is 8.55. The maximum atomic E-state index is 9.12. The van der Waals surface area contributed by atoms with Crippen LogP contribution >= 0.6 is 0 Å². The van der Waals surface area contributed by atoms with E-state index in [0.717, 1.165) is 11.3 Å². The first kappa shape index (κ1) is 6.86. The summed E-state index contributed by atoms with van der Waals surface area (Å²) >= 11 is 0. The normalized spacial score (nSPS) is 13.4. The highest BCUT2D eigenvalue weighted by atomic mass is 16.3. The van der Waals surface area contributed by atoms with E-state index in [-0.39, 0.29) is 5.75 Å². The van der Waals surface area contributed by atoms with E-state index in [1.807, 2.05) is 6.07 Å². The van der Waals surface area contributed by atoms with Crippen LogP contribution in [0, 0.1) is 11.3 Å². The van der Waals surface area contributed by atoms with Crippen molar-refractivity contribution in [3.05, 3.63) is 23.8 Å². The highest BCUT2D eigenvalue weighted by Gasteiger charge is 2.13. The molecule has 3 heteroatoms. The molecule has 0 fully saturated rings. The van der Waals surface area contributed by atoms with Gasteiger partial charge in [-0.25, -0.2) is 4.99 Å². The molecular weight excluding hydrogens is 152 g/mol. The van der Waals surface area contributed by atoms with Crippen LogP contribution in [0.5, 0.6) is 5.75 Å². The predicted molar refractivity (Wildman–Crippen MR) is 44.5 cm³/mol. The van der Waals surface area contributed by atoms with Crippen molar-refractivity contribution in [1.82, 2.24) is 0 Å². The van der Waals surface area contributed by atoms with Crippen LogP contribution < -0.4 is 0 Å². The van der Waals surface area contributed by atoms with Gasteiger partial charge in [-0.15, -0.1) is 0 Å². The lowest BCUT2D eigenvalue weighted by Crippen LogP contribution is -1.91. The summed E-state index contributed by atoms with van der Waals surface area (Å²) in [6.45, 7) is 0.